The second-order valence-corrected chi connectivity index (χ2v) is 9.58. The maximum absolute atomic E-state index is 14.3. The first kappa shape index (κ1) is 30.2. The third kappa shape index (κ3) is 7.40. The second-order valence-electron chi connectivity index (χ2n) is 9.14. The number of ether oxygens (including phenoxy) is 1. The van der Waals surface area contributed by atoms with Crippen molar-refractivity contribution in [3.05, 3.63) is 64.6 Å². The number of carbonyl (C=O) groups is 1. The van der Waals surface area contributed by atoms with Crippen molar-refractivity contribution in [2.75, 3.05) is 5.73 Å². The lowest BCUT2D eigenvalue weighted by Crippen LogP contribution is -2.32. The summed E-state index contributed by atoms with van der Waals surface area (Å²) in [6, 6.07) is 5.99. The largest absolute Gasteiger partial charge is 0.480 e. The molecule has 0 aliphatic heterocycles. The quantitative estimate of drug-likeness (QED) is 0.323. The molecule has 9 nitrogen and oxygen atoms in total. The molecule has 0 bridgehead atoms. The zero-order valence-electron chi connectivity index (χ0n) is 20.7. The number of hydrogen-bond donors (Lipinski definition) is 3. The lowest BCUT2D eigenvalue weighted by atomic mass is 9.84. The van der Waals surface area contributed by atoms with Crippen LogP contribution in [0.3, 0.4) is 0 Å². The number of hydrogen-bond acceptors (Lipinski definition) is 7. The average Bonchev–Trinajstić information content (AvgIpc) is 3.28. The van der Waals surface area contributed by atoms with Crippen LogP contribution in [0.5, 0.6) is 5.88 Å². The number of aliphatic carboxylic acids is 1. The first-order valence-corrected chi connectivity index (χ1v) is 12.2. The van der Waals surface area contributed by atoms with Crippen LogP contribution < -0.4 is 16.2 Å². The Morgan fingerprint density at radius 3 is 2.62 bits per heavy atom. The Bertz CT molecular complexity index is 1370. The minimum Gasteiger partial charge on any atom is -0.480 e. The number of rotatable bonds is 8. The number of allylic oxidation sites excluding steroid dienone is 2. The summed E-state index contributed by atoms with van der Waals surface area (Å²) in [6.45, 7) is 1.71. The molecule has 1 aliphatic carbocycles. The Labute approximate surface area is 233 Å². The number of carboxylic acids is 1. The molecule has 1 aromatic carbocycles. The topological polar surface area (TPSA) is 142 Å². The van der Waals surface area contributed by atoms with E-state index in [0.717, 1.165) is 5.57 Å². The summed E-state index contributed by atoms with van der Waals surface area (Å²) >= 11 is 6.09. The van der Waals surface area contributed by atoms with Crippen LogP contribution in [-0.2, 0) is 4.79 Å². The summed E-state index contributed by atoms with van der Waals surface area (Å²) in [5, 5.41) is 13.5. The molecule has 0 spiro atoms. The summed E-state index contributed by atoms with van der Waals surface area (Å²) in [5.74, 6) is -1.57. The fourth-order valence-electron chi connectivity index (χ4n) is 4.38. The van der Waals surface area contributed by atoms with Gasteiger partial charge in [-0.05, 0) is 62.3 Å². The number of aryl methyl sites for hydroxylation is 1. The van der Waals surface area contributed by atoms with Gasteiger partial charge in [-0.1, -0.05) is 23.7 Å². The maximum atomic E-state index is 14.3. The van der Waals surface area contributed by atoms with Crippen LogP contribution in [0.25, 0.3) is 11.3 Å². The normalized spacial score (nSPS) is 17.1. The first-order chi connectivity index (χ1) is 17.9. The van der Waals surface area contributed by atoms with Gasteiger partial charge in [0.15, 0.2) is 0 Å². The summed E-state index contributed by atoms with van der Waals surface area (Å²) < 4.78 is 49.7. The number of nitrogens with zero attached hydrogens (tertiary/aromatic N) is 4. The van der Waals surface area contributed by atoms with Crippen LogP contribution in [-0.4, -0.2) is 43.0 Å². The molecule has 0 radical (unpaired) electrons. The Hall–Kier alpha value is -3.35. The van der Waals surface area contributed by atoms with Gasteiger partial charge in [-0.15, -0.1) is 12.4 Å². The van der Waals surface area contributed by atoms with Crippen molar-refractivity contribution < 1.29 is 27.8 Å². The standard InChI is InChI=1S/C25H26ClF3N6O3.ClH/c1-13-8-9-35(34-13)20-11-16(26)6-7-17(20)22(25(27,28)29)38-21-12-19(32-24(31)33-21)15-4-2-14(3-5-15)10-18(30)23(36)37;/h4,6-9,11-12,14,18,22H,2-3,5,10,30H2,1H3,(H,36,37)(H2,31,32,33);1H/t14?,18-,22+;/m0./s1. The van der Waals surface area contributed by atoms with Crippen molar-refractivity contribution in [2.45, 2.75) is 50.9 Å². The molecule has 39 heavy (non-hydrogen) atoms. The van der Waals surface area contributed by atoms with E-state index in [0.29, 0.717) is 37.1 Å². The monoisotopic (exact) mass is 586 g/mol. The molecule has 0 fully saturated rings. The summed E-state index contributed by atoms with van der Waals surface area (Å²) in [7, 11) is 0. The van der Waals surface area contributed by atoms with Crippen molar-refractivity contribution in [2.24, 2.45) is 11.7 Å². The van der Waals surface area contributed by atoms with Crippen LogP contribution in [0.4, 0.5) is 19.1 Å². The lowest BCUT2D eigenvalue weighted by molar-refractivity contribution is -0.198. The van der Waals surface area contributed by atoms with Gasteiger partial charge < -0.3 is 21.3 Å². The van der Waals surface area contributed by atoms with E-state index in [-0.39, 0.29) is 46.4 Å². The molecular weight excluding hydrogens is 560 g/mol. The van der Waals surface area contributed by atoms with E-state index in [1.54, 1.807) is 13.0 Å². The highest BCUT2D eigenvalue weighted by atomic mass is 35.5. The van der Waals surface area contributed by atoms with E-state index in [1.165, 1.54) is 35.1 Å². The molecule has 0 saturated heterocycles. The van der Waals surface area contributed by atoms with Gasteiger partial charge >= 0.3 is 12.1 Å². The molecule has 4 rings (SSSR count). The Balaban J connectivity index is 0.00000420. The van der Waals surface area contributed by atoms with Gasteiger partial charge in [0.2, 0.25) is 17.9 Å². The summed E-state index contributed by atoms with van der Waals surface area (Å²) in [4.78, 5) is 19.1. The number of halogens is 5. The van der Waals surface area contributed by atoms with Gasteiger partial charge in [0, 0.05) is 22.8 Å². The molecule has 5 N–H and O–H groups in total. The molecular formula is C25H27Cl2F3N6O3. The number of alkyl halides is 3. The van der Waals surface area contributed by atoms with Gasteiger partial charge in [0.25, 0.3) is 0 Å². The van der Waals surface area contributed by atoms with Crippen molar-refractivity contribution in [1.29, 1.82) is 0 Å². The van der Waals surface area contributed by atoms with Crippen molar-refractivity contribution in [1.82, 2.24) is 19.7 Å². The predicted octanol–water partition coefficient (Wildman–Crippen LogP) is 5.30. The number of aromatic nitrogens is 4. The molecule has 1 aliphatic rings. The second kappa shape index (κ2) is 12.2. The number of nitrogen functional groups attached to an aromatic ring is 1. The minimum atomic E-state index is -4.81. The van der Waals surface area contributed by atoms with Gasteiger partial charge in [-0.2, -0.15) is 23.3 Å². The van der Waals surface area contributed by atoms with Crippen molar-refractivity contribution in [3.8, 4) is 11.6 Å². The van der Waals surface area contributed by atoms with Gasteiger partial charge in [0.1, 0.15) is 6.04 Å². The zero-order chi connectivity index (χ0) is 27.6. The van der Waals surface area contributed by atoms with E-state index in [4.69, 9.17) is 32.9 Å². The molecule has 2 aromatic heterocycles. The molecule has 1 unspecified atom stereocenters. The van der Waals surface area contributed by atoms with E-state index in [9.17, 15) is 18.0 Å². The van der Waals surface area contributed by atoms with Gasteiger partial charge in [0.05, 0.1) is 17.1 Å². The highest BCUT2D eigenvalue weighted by molar-refractivity contribution is 6.30. The first-order valence-electron chi connectivity index (χ1n) is 11.8. The predicted molar refractivity (Wildman–Crippen MR) is 142 cm³/mol. The van der Waals surface area contributed by atoms with Crippen LogP contribution in [0.2, 0.25) is 5.02 Å². The van der Waals surface area contributed by atoms with Crippen LogP contribution in [0, 0.1) is 12.8 Å². The average molecular weight is 587 g/mol. The molecule has 210 valence electrons. The smallest absolute Gasteiger partial charge is 0.429 e. The molecule has 0 saturated carbocycles. The SMILES string of the molecule is Cc1ccn(-c2cc(Cl)ccc2[C@@H](Oc2cc(C3=CCC(C[C@H](N)C(=O)O)CC3)nc(N)n2)C(F)(F)F)n1.Cl. The molecule has 14 heteroatoms. The Morgan fingerprint density at radius 1 is 1.28 bits per heavy atom. The number of benzene rings is 1. The number of nitrogens with two attached hydrogens (primary N) is 2. The van der Waals surface area contributed by atoms with Crippen molar-refractivity contribution in [3.63, 3.8) is 0 Å². The fraction of sp³-hybridized carbons (Fsp3) is 0.360. The fourth-order valence-corrected chi connectivity index (χ4v) is 4.54. The molecule has 2 heterocycles. The lowest BCUT2D eigenvalue weighted by Gasteiger charge is -2.25. The highest BCUT2D eigenvalue weighted by Gasteiger charge is 2.45. The summed E-state index contributed by atoms with van der Waals surface area (Å²) in [5.41, 5.74) is 13.1. The highest BCUT2D eigenvalue weighted by Crippen LogP contribution is 2.40. The van der Waals surface area contributed by atoms with E-state index < -0.39 is 24.3 Å². The molecule has 3 atom stereocenters. The third-order valence-corrected chi connectivity index (χ3v) is 6.49. The summed E-state index contributed by atoms with van der Waals surface area (Å²) in [6.07, 6.45) is -1.76. The molecule has 3 aromatic rings. The Morgan fingerprint density at radius 2 is 2.03 bits per heavy atom. The number of anilines is 1. The number of carboxylic acid groups (broad SMARTS) is 1. The third-order valence-electron chi connectivity index (χ3n) is 6.25. The van der Waals surface area contributed by atoms with E-state index in [2.05, 4.69) is 15.1 Å². The minimum absolute atomic E-state index is 0. The zero-order valence-corrected chi connectivity index (χ0v) is 22.3. The van der Waals surface area contributed by atoms with Gasteiger partial charge in [-0.3, -0.25) is 4.79 Å². The maximum Gasteiger partial charge on any atom is 0.429 e. The van der Waals surface area contributed by atoms with E-state index >= 15 is 0 Å². The van der Waals surface area contributed by atoms with Crippen LogP contribution >= 0.6 is 24.0 Å². The molecule has 0 amide bonds. The van der Waals surface area contributed by atoms with Crippen LogP contribution in [0.15, 0.2) is 42.6 Å². The van der Waals surface area contributed by atoms with E-state index in [1.807, 2.05) is 6.08 Å². The van der Waals surface area contributed by atoms with Crippen LogP contribution in [0.1, 0.15) is 48.7 Å². The van der Waals surface area contributed by atoms with Gasteiger partial charge in [-0.25, -0.2) is 9.67 Å². The van der Waals surface area contributed by atoms with Crippen molar-refractivity contribution >= 4 is 41.5 Å². The Kier molecular flexibility index (Phi) is 9.47.